The van der Waals surface area contributed by atoms with E-state index in [0.29, 0.717) is 13.0 Å². The van der Waals surface area contributed by atoms with Crippen LogP contribution in [0.15, 0.2) is 47.4 Å². The molecule has 0 aliphatic rings. The Balaban J connectivity index is 1.91. The van der Waals surface area contributed by atoms with Crippen LogP contribution in [0.4, 0.5) is 5.69 Å². The zero-order valence-corrected chi connectivity index (χ0v) is 12.9. The highest BCUT2D eigenvalue weighted by atomic mass is 16.2. The lowest BCUT2D eigenvalue weighted by atomic mass is 10.2. The summed E-state index contributed by atoms with van der Waals surface area (Å²) in [6, 6.07) is 10.3. The van der Waals surface area contributed by atoms with Crippen LogP contribution in [0.25, 0.3) is 0 Å². The smallest absolute Gasteiger partial charge is 0.260 e. The van der Waals surface area contributed by atoms with Crippen LogP contribution in [-0.4, -0.2) is 16.8 Å². The third-order valence-corrected chi connectivity index (χ3v) is 3.23. The van der Waals surface area contributed by atoms with E-state index in [2.05, 4.69) is 15.6 Å². The van der Waals surface area contributed by atoms with Gasteiger partial charge in [-0.15, -0.1) is 0 Å². The van der Waals surface area contributed by atoms with E-state index in [9.17, 15) is 14.4 Å². The van der Waals surface area contributed by atoms with E-state index in [1.54, 1.807) is 18.2 Å². The minimum absolute atomic E-state index is 0.0168. The van der Waals surface area contributed by atoms with Crippen molar-refractivity contribution in [1.29, 1.82) is 0 Å². The molecule has 2 rings (SSSR count). The minimum Gasteiger partial charge on any atom is -0.348 e. The molecule has 120 valence electrons. The van der Waals surface area contributed by atoms with Crippen LogP contribution < -0.4 is 16.2 Å². The molecule has 6 heteroatoms. The standard InChI is InChI=1S/C17H19N3O3/c1-2-4-15(21)20-13-8-6-12(7-9-13)11-19-17(23)14-5-3-10-18-16(14)22/h3,5-10H,2,4,11H2,1H3,(H,18,22)(H,19,23)(H,20,21). The van der Waals surface area contributed by atoms with Gasteiger partial charge in [-0.05, 0) is 36.2 Å². The SMILES string of the molecule is CCCC(=O)Nc1ccc(CNC(=O)c2ccc[nH]c2=O)cc1. The summed E-state index contributed by atoms with van der Waals surface area (Å²) in [6.45, 7) is 2.25. The molecule has 0 spiro atoms. The molecule has 1 heterocycles. The Morgan fingerprint density at radius 1 is 1.13 bits per heavy atom. The molecule has 0 unspecified atom stereocenters. The fraction of sp³-hybridized carbons (Fsp3) is 0.235. The van der Waals surface area contributed by atoms with Gasteiger partial charge in [0.1, 0.15) is 5.56 Å². The fourth-order valence-corrected chi connectivity index (χ4v) is 2.03. The van der Waals surface area contributed by atoms with E-state index in [1.807, 2.05) is 19.1 Å². The molecule has 23 heavy (non-hydrogen) atoms. The molecule has 0 fully saturated rings. The van der Waals surface area contributed by atoms with Crippen molar-refractivity contribution in [2.24, 2.45) is 0 Å². The number of H-pyrrole nitrogens is 1. The van der Waals surface area contributed by atoms with Crippen LogP contribution in [0, 0.1) is 0 Å². The summed E-state index contributed by atoms with van der Waals surface area (Å²) >= 11 is 0. The Labute approximate surface area is 133 Å². The Kier molecular flexibility index (Phi) is 5.68. The van der Waals surface area contributed by atoms with Crippen molar-refractivity contribution in [1.82, 2.24) is 10.3 Å². The Bertz CT molecular complexity index is 735. The molecule has 2 amide bonds. The molecule has 0 bridgehead atoms. The van der Waals surface area contributed by atoms with Gasteiger partial charge in [-0.2, -0.15) is 0 Å². The van der Waals surface area contributed by atoms with Crippen LogP contribution >= 0.6 is 0 Å². The topological polar surface area (TPSA) is 91.1 Å². The number of carbonyl (C=O) groups excluding carboxylic acids is 2. The second-order valence-corrected chi connectivity index (χ2v) is 5.09. The minimum atomic E-state index is -0.424. The van der Waals surface area contributed by atoms with Crippen LogP contribution in [0.1, 0.15) is 35.7 Å². The highest BCUT2D eigenvalue weighted by molar-refractivity contribution is 5.93. The summed E-state index contributed by atoms with van der Waals surface area (Å²) in [5.41, 5.74) is 1.26. The number of aromatic nitrogens is 1. The zero-order chi connectivity index (χ0) is 16.7. The number of rotatable bonds is 6. The first kappa shape index (κ1) is 16.5. The van der Waals surface area contributed by atoms with Crippen LogP contribution in [0.3, 0.4) is 0 Å². The fourth-order valence-electron chi connectivity index (χ4n) is 2.03. The molecular weight excluding hydrogens is 294 g/mol. The van der Waals surface area contributed by atoms with Crippen LogP contribution in [0.5, 0.6) is 0 Å². The van der Waals surface area contributed by atoms with E-state index in [1.165, 1.54) is 12.3 Å². The lowest BCUT2D eigenvalue weighted by Gasteiger charge is -2.07. The van der Waals surface area contributed by atoms with E-state index in [4.69, 9.17) is 0 Å². The maximum Gasteiger partial charge on any atom is 0.260 e. The van der Waals surface area contributed by atoms with Crippen molar-refractivity contribution in [2.45, 2.75) is 26.3 Å². The highest BCUT2D eigenvalue weighted by Crippen LogP contribution is 2.10. The Morgan fingerprint density at radius 3 is 2.52 bits per heavy atom. The second-order valence-electron chi connectivity index (χ2n) is 5.09. The number of aromatic amines is 1. The largest absolute Gasteiger partial charge is 0.348 e. The van der Waals surface area contributed by atoms with Gasteiger partial charge in [-0.25, -0.2) is 0 Å². The highest BCUT2D eigenvalue weighted by Gasteiger charge is 2.09. The maximum absolute atomic E-state index is 11.9. The third-order valence-electron chi connectivity index (χ3n) is 3.23. The number of benzene rings is 1. The first-order valence-corrected chi connectivity index (χ1v) is 7.45. The first-order valence-electron chi connectivity index (χ1n) is 7.45. The molecule has 2 aromatic rings. The summed E-state index contributed by atoms with van der Waals surface area (Å²) in [5, 5.41) is 5.49. The quantitative estimate of drug-likeness (QED) is 0.762. The van der Waals surface area contributed by atoms with Gasteiger partial charge in [0.15, 0.2) is 0 Å². The average molecular weight is 313 g/mol. The molecule has 0 atom stereocenters. The van der Waals surface area contributed by atoms with Gasteiger partial charge in [0, 0.05) is 24.8 Å². The lowest BCUT2D eigenvalue weighted by molar-refractivity contribution is -0.116. The Hall–Kier alpha value is -2.89. The van der Waals surface area contributed by atoms with Gasteiger partial charge in [-0.1, -0.05) is 19.1 Å². The number of pyridine rings is 1. The molecule has 6 nitrogen and oxygen atoms in total. The van der Waals surface area contributed by atoms with Crippen molar-refractivity contribution in [3.63, 3.8) is 0 Å². The number of hydrogen-bond donors (Lipinski definition) is 3. The molecule has 1 aromatic carbocycles. The molecule has 1 aromatic heterocycles. The van der Waals surface area contributed by atoms with Crippen LogP contribution in [0.2, 0.25) is 0 Å². The summed E-state index contributed by atoms with van der Waals surface area (Å²) < 4.78 is 0. The predicted octanol–water partition coefficient (Wildman–Crippen LogP) is 2.04. The molecule has 0 aliphatic heterocycles. The van der Waals surface area contributed by atoms with Gasteiger partial charge < -0.3 is 15.6 Å². The summed E-state index contributed by atoms with van der Waals surface area (Å²) in [7, 11) is 0. The van der Waals surface area contributed by atoms with Crippen molar-refractivity contribution < 1.29 is 9.59 Å². The lowest BCUT2D eigenvalue weighted by Crippen LogP contribution is -2.28. The normalized spacial score (nSPS) is 10.1. The summed E-state index contributed by atoms with van der Waals surface area (Å²) in [5.74, 6) is -0.441. The summed E-state index contributed by atoms with van der Waals surface area (Å²) in [4.78, 5) is 37.4. The van der Waals surface area contributed by atoms with Gasteiger partial charge >= 0.3 is 0 Å². The molecule has 0 radical (unpaired) electrons. The number of nitrogens with one attached hydrogen (secondary N) is 3. The predicted molar refractivity (Wildman–Crippen MR) is 88.2 cm³/mol. The summed E-state index contributed by atoms with van der Waals surface area (Å²) in [6.07, 6.45) is 2.77. The average Bonchev–Trinajstić information content (AvgIpc) is 2.54. The second kappa shape index (κ2) is 7.93. The maximum atomic E-state index is 11.9. The van der Waals surface area contributed by atoms with E-state index >= 15 is 0 Å². The molecule has 0 saturated carbocycles. The van der Waals surface area contributed by atoms with Crippen molar-refractivity contribution in [2.75, 3.05) is 5.32 Å². The van der Waals surface area contributed by atoms with Crippen LogP contribution in [-0.2, 0) is 11.3 Å². The van der Waals surface area contributed by atoms with Gasteiger partial charge in [0.2, 0.25) is 5.91 Å². The van der Waals surface area contributed by atoms with Gasteiger partial charge in [0.05, 0.1) is 0 Å². The number of carbonyl (C=O) groups is 2. The van der Waals surface area contributed by atoms with E-state index in [0.717, 1.165) is 17.7 Å². The molecule has 3 N–H and O–H groups in total. The number of amides is 2. The van der Waals surface area contributed by atoms with Crippen molar-refractivity contribution in [3.8, 4) is 0 Å². The van der Waals surface area contributed by atoms with Gasteiger partial charge in [0.25, 0.3) is 11.5 Å². The monoisotopic (exact) mass is 313 g/mol. The molecular formula is C17H19N3O3. The van der Waals surface area contributed by atoms with Crippen molar-refractivity contribution in [3.05, 3.63) is 64.1 Å². The Morgan fingerprint density at radius 2 is 1.87 bits per heavy atom. The molecule has 0 saturated heterocycles. The first-order chi connectivity index (χ1) is 11.1. The molecule has 0 aliphatic carbocycles. The number of hydrogen-bond acceptors (Lipinski definition) is 3. The zero-order valence-electron chi connectivity index (χ0n) is 12.9. The van der Waals surface area contributed by atoms with Gasteiger partial charge in [-0.3, -0.25) is 14.4 Å². The van der Waals surface area contributed by atoms with E-state index in [-0.39, 0.29) is 11.5 Å². The number of anilines is 1. The third kappa shape index (κ3) is 4.81. The van der Waals surface area contributed by atoms with E-state index < -0.39 is 11.5 Å². The van der Waals surface area contributed by atoms with Crippen molar-refractivity contribution >= 4 is 17.5 Å².